The molecule has 5 nitrogen and oxygen atoms in total. The van der Waals surface area contributed by atoms with Gasteiger partial charge in [0.1, 0.15) is 11.5 Å². The van der Waals surface area contributed by atoms with Crippen molar-refractivity contribution in [1.29, 1.82) is 0 Å². The van der Waals surface area contributed by atoms with E-state index in [9.17, 15) is 14.0 Å². The number of urea groups is 1. The second-order valence-electron chi connectivity index (χ2n) is 8.77. The maximum Gasteiger partial charge on any atom is 0.329 e. The third-order valence-corrected chi connectivity index (χ3v) is 6.22. The summed E-state index contributed by atoms with van der Waals surface area (Å²) in [5, 5.41) is 2.62. The predicted octanol–water partition coefficient (Wildman–Crippen LogP) is 4.64. The van der Waals surface area contributed by atoms with Crippen LogP contribution in [0.25, 0.3) is 6.08 Å². The molecule has 30 heavy (non-hydrogen) atoms. The zero-order chi connectivity index (χ0) is 21.6. The molecule has 2 aliphatic rings. The molecule has 2 heterocycles. The van der Waals surface area contributed by atoms with Gasteiger partial charge in [-0.05, 0) is 61.6 Å². The number of imide groups is 1. The molecule has 1 atom stereocenters. The lowest BCUT2D eigenvalue weighted by molar-refractivity contribution is -0.123. The highest BCUT2D eigenvalue weighted by Crippen LogP contribution is 2.42. The second kappa shape index (κ2) is 7.27. The van der Waals surface area contributed by atoms with Crippen LogP contribution in [0.2, 0.25) is 0 Å². The highest BCUT2D eigenvalue weighted by Gasteiger charge is 2.35. The zero-order valence-corrected chi connectivity index (χ0v) is 17.7. The van der Waals surface area contributed by atoms with Crippen LogP contribution in [-0.4, -0.2) is 29.4 Å². The Bertz CT molecular complexity index is 1060. The van der Waals surface area contributed by atoms with Crippen molar-refractivity contribution in [2.24, 2.45) is 0 Å². The largest absolute Gasteiger partial charge is 0.369 e. The fraction of sp³-hybridized carbons (Fsp3) is 0.333. The van der Waals surface area contributed by atoms with Crippen molar-refractivity contribution in [2.45, 2.75) is 45.2 Å². The standard InChI is InChI=1S/C24H26FN3O2/c1-15-13-24(2,3)27(4)21-10-9-16(11-18(15)21)12-20-22(29)28(23(30)26-20)14-17-7-5-6-8-19(17)25/h5-12,15H,13-14H2,1-4H3,(H,26,30)/b20-12-. The summed E-state index contributed by atoms with van der Waals surface area (Å²) in [4.78, 5) is 28.4. The van der Waals surface area contributed by atoms with Gasteiger partial charge in [-0.15, -0.1) is 0 Å². The van der Waals surface area contributed by atoms with Crippen LogP contribution >= 0.6 is 0 Å². The first-order valence-electron chi connectivity index (χ1n) is 10.1. The first kappa shape index (κ1) is 20.1. The molecule has 2 aromatic rings. The molecule has 156 valence electrons. The maximum absolute atomic E-state index is 13.9. The van der Waals surface area contributed by atoms with Gasteiger partial charge < -0.3 is 10.2 Å². The minimum Gasteiger partial charge on any atom is -0.369 e. The first-order chi connectivity index (χ1) is 14.2. The van der Waals surface area contributed by atoms with E-state index in [2.05, 4.69) is 50.2 Å². The lowest BCUT2D eigenvalue weighted by atomic mass is 9.80. The summed E-state index contributed by atoms with van der Waals surface area (Å²) in [5.41, 5.74) is 3.85. The van der Waals surface area contributed by atoms with E-state index in [1.807, 2.05) is 6.07 Å². The molecule has 2 aromatic carbocycles. The number of carbonyl (C=O) groups is 2. The summed E-state index contributed by atoms with van der Waals surface area (Å²) in [6.07, 6.45) is 2.72. The van der Waals surface area contributed by atoms with Crippen LogP contribution in [0, 0.1) is 5.82 Å². The molecule has 1 fully saturated rings. The Morgan fingerprint density at radius 3 is 2.67 bits per heavy atom. The van der Waals surface area contributed by atoms with Crippen LogP contribution < -0.4 is 10.2 Å². The fourth-order valence-corrected chi connectivity index (χ4v) is 4.36. The van der Waals surface area contributed by atoms with Crippen LogP contribution in [0.4, 0.5) is 14.9 Å². The van der Waals surface area contributed by atoms with Crippen molar-refractivity contribution < 1.29 is 14.0 Å². The topological polar surface area (TPSA) is 52.7 Å². The molecule has 3 amide bonds. The van der Waals surface area contributed by atoms with Crippen molar-refractivity contribution in [3.63, 3.8) is 0 Å². The van der Waals surface area contributed by atoms with Crippen molar-refractivity contribution in [1.82, 2.24) is 10.2 Å². The number of nitrogens with zero attached hydrogens (tertiary/aromatic N) is 2. The third-order valence-electron chi connectivity index (χ3n) is 6.22. The van der Waals surface area contributed by atoms with Crippen LogP contribution in [0.5, 0.6) is 0 Å². The first-order valence-corrected chi connectivity index (χ1v) is 10.1. The summed E-state index contributed by atoms with van der Waals surface area (Å²) in [6.45, 7) is 6.58. The SMILES string of the molecule is CC1CC(C)(C)N(C)c2ccc(/C=C3\NC(=O)N(Cc4ccccc4F)C3=O)cc21. The quantitative estimate of drug-likeness (QED) is 0.596. The number of halogens is 1. The van der Waals surface area contributed by atoms with Gasteiger partial charge in [0.05, 0.1) is 6.54 Å². The van der Waals surface area contributed by atoms with E-state index >= 15 is 0 Å². The van der Waals surface area contributed by atoms with Gasteiger partial charge in [0.2, 0.25) is 0 Å². The summed E-state index contributed by atoms with van der Waals surface area (Å²) < 4.78 is 13.9. The number of nitrogens with one attached hydrogen (secondary N) is 1. The lowest BCUT2D eigenvalue weighted by Crippen LogP contribution is -2.45. The van der Waals surface area contributed by atoms with Gasteiger partial charge in [-0.1, -0.05) is 31.2 Å². The maximum atomic E-state index is 13.9. The molecule has 0 aromatic heterocycles. The number of hydrogen-bond acceptors (Lipinski definition) is 3. The number of amides is 3. The van der Waals surface area contributed by atoms with Crippen molar-refractivity contribution in [3.05, 3.63) is 70.7 Å². The van der Waals surface area contributed by atoms with Crippen LogP contribution in [0.1, 0.15) is 49.8 Å². The van der Waals surface area contributed by atoms with Crippen LogP contribution in [-0.2, 0) is 11.3 Å². The molecule has 0 radical (unpaired) electrons. The molecular formula is C24H26FN3O2. The normalized spacial score (nSPS) is 21.8. The monoisotopic (exact) mass is 407 g/mol. The van der Waals surface area contributed by atoms with Crippen molar-refractivity contribution >= 4 is 23.7 Å². The number of fused-ring (bicyclic) bond motifs is 1. The van der Waals surface area contributed by atoms with Crippen LogP contribution in [0.3, 0.4) is 0 Å². The van der Waals surface area contributed by atoms with Gasteiger partial charge in [0.25, 0.3) is 5.91 Å². The number of anilines is 1. The number of carbonyl (C=O) groups excluding carboxylic acids is 2. The van der Waals surface area contributed by atoms with E-state index in [4.69, 9.17) is 0 Å². The Hall–Kier alpha value is -3.15. The Morgan fingerprint density at radius 2 is 1.93 bits per heavy atom. The van der Waals surface area contributed by atoms with Crippen molar-refractivity contribution in [2.75, 3.05) is 11.9 Å². The smallest absolute Gasteiger partial charge is 0.329 e. The predicted molar refractivity (Wildman–Crippen MR) is 115 cm³/mol. The van der Waals surface area contributed by atoms with Crippen molar-refractivity contribution in [3.8, 4) is 0 Å². The van der Waals surface area contributed by atoms with Gasteiger partial charge >= 0.3 is 6.03 Å². The van der Waals surface area contributed by atoms with E-state index in [0.29, 0.717) is 11.5 Å². The third kappa shape index (κ3) is 3.47. The highest BCUT2D eigenvalue weighted by atomic mass is 19.1. The van der Waals surface area contributed by atoms with E-state index in [1.165, 1.54) is 17.3 Å². The highest BCUT2D eigenvalue weighted by molar-refractivity contribution is 6.13. The molecule has 2 aliphatic heterocycles. The number of hydrogen-bond donors (Lipinski definition) is 1. The molecule has 0 saturated carbocycles. The zero-order valence-electron chi connectivity index (χ0n) is 17.7. The van der Waals surface area contributed by atoms with Gasteiger partial charge in [-0.25, -0.2) is 9.18 Å². The van der Waals surface area contributed by atoms with E-state index in [-0.39, 0.29) is 17.8 Å². The van der Waals surface area contributed by atoms with Gasteiger partial charge in [0.15, 0.2) is 0 Å². The second-order valence-corrected chi connectivity index (χ2v) is 8.77. The Morgan fingerprint density at radius 1 is 1.20 bits per heavy atom. The average molecular weight is 407 g/mol. The Labute approximate surface area is 176 Å². The minimum absolute atomic E-state index is 0.0784. The molecule has 1 N–H and O–H groups in total. The lowest BCUT2D eigenvalue weighted by Gasteiger charge is -2.45. The molecule has 0 bridgehead atoms. The van der Waals surface area contributed by atoms with E-state index < -0.39 is 17.8 Å². The molecule has 4 rings (SSSR count). The molecule has 0 spiro atoms. The summed E-state index contributed by atoms with van der Waals surface area (Å²) >= 11 is 0. The average Bonchev–Trinajstić information content (AvgIpc) is 2.95. The fourth-order valence-electron chi connectivity index (χ4n) is 4.36. The van der Waals surface area contributed by atoms with Gasteiger partial charge in [-0.2, -0.15) is 0 Å². The Balaban J connectivity index is 1.60. The molecular weight excluding hydrogens is 381 g/mol. The van der Waals surface area contributed by atoms with E-state index in [0.717, 1.165) is 16.9 Å². The van der Waals surface area contributed by atoms with Gasteiger partial charge in [0, 0.05) is 23.8 Å². The minimum atomic E-state index is -0.540. The number of benzene rings is 2. The summed E-state index contributed by atoms with van der Waals surface area (Å²) in [7, 11) is 2.10. The van der Waals surface area contributed by atoms with Gasteiger partial charge in [-0.3, -0.25) is 9.69 Å². The number of rotatable bonds is 3. The Kier molecular flexibility index (Phi) is 4.88. The summed E-state index contributed by atoms with van der Waals surface area (Å²) in [6, 6.07) is 11.7. The molecule has 1 saturated heterocycles. The van der Waals surface area contributed by atoms with E-state index in [1.54, 1.807) is 24.3 Å². The van der Waals surface area contributed by atoms with Crippen LogP contribution in [0.15, 0.2) is 48.2 Å². The summed E-state index contributed by atoms with van der Waals surface area (Å²) in [5.74, 6) is -0.505. The molecule has 1 unspecified atom stereocenters. The molecule has 6 heteroatoms. The molecule has 0 aliphatic carbocycles.